The molecule has 1 aliphatic heterocycles. The summed E-state index contributed by atoms with van der Waals surface area (Å²) in [5.41, 5.74) is 0.644. The van der Waals surface area contributed by atoms with Crippen LogP contribution in [0.4, 0.5) is 5.69 Å². The number of esters is 1. The zero-order valence-corrected chi connectivity index (χ0v) is 15.6. The highest BCUT2D eigenvalue weighted by molar-refractivity contribution is 5.98. The maximum absolute atomic E-state index is 12.1. The van der Waals surface area contributed by atoms with Gasteiger partial charge in [-0.3, -0.25) is 14.4 Å². The van der Waals surface area contributed by atoms with Crippen LogP contribution in [0.1, 0.15) is 39.0 Å². The van der Waals surface area contributed by atoms with Gasteiger partial charge in [0, 0.05) is 12.6 Å². The van der Waals surface area contributed by atoms with Crippen molar-refractivity contribution in [1.82, 2.24) is 5.32 Å². The summed E-state index contributed by atoms with van der Waals surface area (Å²) < 4.78 is 10.4. The Morgan fingerprint density at radius 3 is 2.85 bits per heavy atom. The van der Waals surface area contributed by atoms with Crippen LogP contribution in [0.25, 0.3) is 0 Å². The van der Waals surface area contributed by atoms with Gasteiger partial charge in [0.15, 0.2) is 13.2 Å². The van der Waals surface area contributed by atoms with Crippen LogP contribution in [0.3, 0.4) is 0 Å². The van der Waals surface area contributed by atoms with Crippen molar-refractivity contribution in [2.45, 2.75) is 45.1 Å². The molecule has 0 saturated heterocycles. The van der Waals surface area contributed by atoms with Gasteiger partial charge in [0.25, 0.3) is 11.8 Å². The molecule has 1 N–H and O–H groups in total. The van der Waals surface area contributed by atoms with E-state index >= 15 is 0 Å². The third-order valence-electron chi connectivity index (χ3n) is 5.17. The van der Waals surface area contributed by atoms with E-state index in [-0.39, 0.29) is 44.0 Å². The summed E-state index contributed by atoms with van der Waals surface area (Å²) in [5, 5.41) is 2.95. The summed E-state index contributed by atoms with van der Waals surface area (Å²) in [5.74, 6) is 0.0938. The molecular weight excluding hydrogens is 348 g/mol. The molecule has 1 aliphatic carbocycles. The highest BCUT2D eigenvalue weighted by atomic mass is 16.5. The number of nitrogens with one attached hydrogen (secondary N) is 1. The fourth-order valence-corrected chi connectivity index (χ4v) is 3.60. The predicted molar refractivity (Wildman–Crippen MR) is 99.4 cm³/mol. The molecule has 7 heteroatoms. The summed E-state index contributed by atoms with van der Waals surface area (Å²) in [6, 6.07) is 7.35. The molecule has 0 bridgehead atoms. The number of para-hydroxylation sites is 2. The van der Waals surface area contributed by atoms with E-state index in [0.29, 0.717) is 17.4 Å². The number of hydrogen-bond donors (Lipinski definition) is 1. The van der Waals surface area contributed by atoms with Crippen LogP contribution in [0.2, 0.25) is 0 Å². The monoisotopic (exact) mass is 374 g/mol. The second-order valence-corrected chi connectivity index (χ2v) is 7.15. The Morgan fingerprint density at radius 1 is 1.26 bits per heavy atom. The molecule has 3 rings (SSSR count). The van der Waals surface area contributed by atoms with Gasteiger partial charge in [-0.15, -0.1) is 0 Å². The number of carbonyl (C=O) groups excluding carboxylic acids is 3. The summed E-state index contributed by atoms with van der Waals surface area (Å²) in [7, 11) is 0. The molecule has 1 heterocycles. The van der Waals surface area contributed by atoms with E-state index in [2.05, 4.69) is 12.2 Å². The topological polar surface area (TPSA) is 84.9 Å². The Morgan fingerprint density at radius 2 is 2.04 bits per heavy atom. The zero-order chi connectivity index (χ0) is 19.2. The quantitative estimate of drug-likeness (QED) is 0.770. The first-order valence-corrected chi connectivity index (χ1v) is 9.52. The molecule has 2 atom stereocenters. The van der Waals surface area contributed by atoms with Crippen molar-refractivity contribution in [3.8, 4) is 5.75 Å². The van der Waals surface area contributed by atoms with Gasteiger partial charge in [-0.2, -0.15) is 0 Å². The summed E-state index contributed by atoms with van der Waals surface area (Å²) in [4.78, 5) is 37.6. The van der Waals surface area contributed by atoms with Crippen molar-refractivity contribution < 1.29 is 23.9 Å². The molecule has 0 aromatic heterocycles. The Hall–Kier alpha value is -2.57. The molecule has 2 aliphatic rings. The van der Waals surface area contributed by atoms with Crippen molar-refractivity contribution in [2.24, 2.45) is 5.92 Å². The summed E-state index contributed by atoms with van der Waals surface area (Å²) in [6.45, 7) is 2.00. The van der Waals surface area contributed by atoms with Crippen molar-refractivity contribution in [3.05, 3.63) is 24.3 Å². The van der Waals surface area contributed by atoms with Crippen LogP contribution in [-0.4, -0.2) is 43.6 Å². The Bertz CT molecular complexity index is 705. The third-order valence-corrected chi connectivity index (χ3v) is 5.17. The molecule has 2 amide bonds. The molecule has 1 fully saturated rings. The maximum Gasteiger partial charge on any atom is 0.308 e. The average molecular weight is 374 g/mol. The number of anilines is 1. The van der Waals surface area contributed by atoms with E-state index in [1.54, 1.807) is 12.1 Å². The minimum Gasteiger partial charge on any atom is -0.482 e. The normalized spacial score (nSPS) is 21.8. The summed E-state index contributed by atoms with van der Waals surface area (Å²) in [6.07, 6.45) is 4.42. The maximum atomic E-state index is 12.1. The van der Waals surface area contributed by atoms with Crippen LogP contribution in [0.5, 0.6) is 5.75 Å². The number of rotatable bonds is 6. The molecule has 1 aromatic rings. The zero-order valence-electron chi connectivity index (χ0n) is 15.6. The fourth-order valence-electron chi connectivity index (χ4n) is 3.60. The van der Waals surface area contributed by atoms with E-state index in [1.165, 1.54) is 11.3 Å². The van der Waals surface area contributed by atoms with Gasteiger partial charge < -0.3 is 19.7 Å². The lowest BCUT2D eigenvalue weighted by atomic mass is 9.86. The van der Waals surface area contributed by atoms with Gasteiger partial charge >= 0.3 is 5.97 Å². The van der Waals surface area contributed by atoms with Crippen molar-refractivity contribution >= 4 is 23.5 Å². The van der Waals surface area contributed by atoms with E-state index < -0.39 is 5.97 Å². The molecule has 27 heavy (non-hydrogen) atoms. The molecule has 0 radical (unpaired) electrons. The predicted octanol–water partition coefficient (Wildman–Crippen LogP) is 2.04. The second-order valence-electron chi connectivity index (χ2n) is 7.15. The van der Waals surface area contributed by atoms with Crippen molar-refractivity contribution in [1.29, 1.82) is 0 Å². The van der Waals surface area contributed by atoms with Crippen LogP contribution < -0.4 is 15.0 Å². The van der Waals surface area contributed by atoms with Crippen molar-refractivity contribution in [3.63, 3.8) is 0 Å². The number of benzene rings is 1. The van der Waals surface area contributed by atoms with Gasteiger partial charge in [-0.1, -0.05) is 31.9 Å². The Labute approximate surface area is 159 Å². The molecular formula is C20H26N2O5. The first kappa shape index (κ1) is 19.2. The Kier molecular flexibility index (Phi) is 6.32. The fraction of sp³-hybridized carbons (Fsp3) is 0.550. The van der Waals surface area contributed by atoms with Gasteiger partial charge in [0.05, 0.1) is 12.1 Å². The van der Waals surface area contributed by atoms with Gasteiger partial charge in [-0.05, 0) is 30.9 Å². The van der Waals surface area contributed by atoms with Gasteiger partial charge in [0.1, 0.15) is 5.75 Å². The van der Waals surface area contributed by atoms with Crippen LogP contribution in [0.15, 0.2) is 24.3 Å². The first-order valence-electron chi connectivity index (χ1n) is 9.52. The largest absolute Gasteiger partial charge is 0.482 e. The number of amides is 2. The number of nitrogens with zero attached hydrogens (tertiary/aromatic N) is 1. The van der Waals surface area contributed by atoms with Crippen molar-refractivity contribution in [2.75, 3.05) is 24.7 Å². The van der Waals surface area contributed by atoms with Crippen LogP contribution >= 0.6 is 0 Å². The standard InChI is InChI=1S/C20H26N2O5/c1-14-6-2-3-7-15(14)21-18(23)12-27-20(25)10-11-22-16-8-4-5-9-17(16)26-13-19(22)24/h4-5,8-9,14-15H,2-3,6-7,10-13H2,1H3,(H,21,23)/t14-,15+/m0/s1. The van der Waals surface area contributed by atoms with E-state index in [4.69, 9.17) is 9.47 Å². The van der Waals surface area contributed by atoms with Crippen LogP contribution in [-0.2, 0) is 19.1 Å². The molecule has 0 spiro atoms. The SMILES string of the molecule is C[C@H]1CCCC[C@H]1NC(=O)COC(=O)CCN1C(=O)COc2ccccc21. The minimum atomic E-state index is -0.501. The second kappa shape index (κ2) is 8.88. The highest BCUT2D eigenvalue weighted by Crippen LogP contribution is 2.31. The Balaban J connectivity index is 1.43. The van der Waals surface area contributed by atoms with E-state index in [1.807, 2.05) is 12.1 Å². The van der Waals surface area contributed by atoms with Crippen LogP contribution in [0, 0.1) is 5.92 Å². The number of carbonyl (C=O) groups is 3. The molecule has 146 valence electrons. The third kappa shape index (κ3) is 4.99. The molecule has 1 aromatic carbocycles. The first-order chi connectivity index (χ1) is 13.0. The molecule has 0 unspecified atom stereocenters. The lowest BCUT2D eigenvalue weighted by molar-refractivity contribution is -0.148. The smallest absolute Gasteiger partial charge is 0.308 e. The molecule has 7 nitrogen and oxygen atoms in total. The highest BCUT2D eigenvalue weighted by Gasteiger charge is 2.26. The van der Waals surface area contributed by atoms with Gasteiger partial charge in [0.2, 0.25) is 0 Å². The number of hydrogen-bond acceptors (Lipinski definition) is 5. The summed E-state index contributed by atoms with van der Waals surface area (Å²) >= 11 is 0. The lowest BCUT2D eigenvalue weighted by Gasteiger charge is -2.29. The molecule has 1 saturated carbocycles. The number of fused-ring (bicyclic) bond motifs is 1. The minimum absolute atomic E-state index is 0.0210. The van der Waals surface area contributed by atoms with Gasteiger partial charge in [-0.25, -0.2) is 0 Å². The van der Waals surface area contributed by atoms with E-state index in [0.717, 1.165) is 19.3 Å². The van der Waals surface area contributed by atoms with E-state index in [9.17, 15) is 14.4 Å². The number of ether oxygens (including phenoxy) is 2. The lowest BCUT2D eigenvalue weighted by Crippen LogP contribution is -2.43. The average Bonchev–Trinajstić information content (AvgIpc) is 2.67.